The van der Waals surface area contributed by atoms with E-state index in [4.69, 9.17) is 9.47 Å². The van der Waals surface area contributed by atoms with Crippen molar-refractivity contribution < 1.29 is 14.6 Å². The highest BCUT2D eigenvalue weighted by atomic mass is 16.5. The molecule has 2 atom stereocenters. The fourth-order valence-electron chi connectivity index (χ4n) is 3.71. The average Bonchev–Trinajstić information content (AvgIpc) is 3.02. The Kier molecular flexibility index (Phi) is 6.06. The molecule has 0 bridgehead atoms. The SMILES string of the molecule is Cc1cccc(C2CCCN2CC(O)COC2CCOCC2)c1. The van der Waals surface area contributed by atoms with Gasteiger partial charge in [0.2, 0.25) is 0 Å². The topological polar surface area (TPSA) is 41.9 Å². The third-order valence-corrected chi connectivity index (χ3v) is 4.93. The maximum Gasteiger partial charge on any atom is 0.0900 e. The van der Waals surface area contributed by atoms with Crippen LogP contribution in [0.2, 0.25) is 0 Å². The maximum absolute atomic E-state index is 10.4. The number of likely N-dealkylation sites (tertiary alicyclic amines) is 1. The van der Waals surface area contributed by atoms with Gasteiger partial charge in [0, 0.05) is 25.8 Å². The van der Waals surface area contributed by atoms with Crippen LogP contribution in [0.4, 0.5) is 0 Å². The molecular weight excluding hydrogens is 290 g/mol. The minimum Gasteiger partial charge on any atom is -0.389 e. The molecule has 3 rings (SSSR count). The molecule has 1 aromatic carbocycles. The molecule has 0 spiro atoms. The summed E-state index contributed by atoms with van der Waals surface area (Å²) < 4.78 is 11.2. The van der Waals surface area contributed by atoms with Gasteiger partial charge in [0.1, 0.15) is 0 Å². The Balaban J connectivity index is 1.49. The molecule has 0 radical (unpaired) electrons. The normalized spacial score (nSPS) is 24.9. The standard InChI is InChI=1S/C19H29NO3/c1-15-4-2-5-16(12-15)19-6-3-9-20(19)13-17(21)14-23-18-7-10-22-11-8-18/h2,4-5,12,17-19,21H,3,6-11,13-14H2,1H3. The summed E-state index contributed by atoms with van der Waals surface area (Å²) in [5, 5.41) is 10.4. The first kappa shape index (κ1) is 16.9. The van der Waals surface area contributed by atoms with Gasteiger partial charge in [0.15, 0.2) is 0 Å². The van der Waals surface area contributed by atoms with E-state index in [0.29, 0.717) is 19.2 Å². The fourth-order valence-corrected chi connectivity index (χ4v) is 3.71. The maximum atomic E-state index is 10.4. The van der Waals surface area contributed by atoms with E-state index in [1.54, 1.807) is 0 Å². The van der Waals surface area contributed by atoms with Gasteiger partial charge in [0.25, 0.3) is 0 Å². The van der Waals surface area contributed by atoms with Gasteiger partial charge >= 0.3 is 0 Å². The van der Waals surface area contributed by atoms with E-state index in [1.807, 2.05) is 0 Å². The molecule has 4 nitrogen and oxygen atoms in total. The van der Waals surface area contributed by atoms with E-state index in [1.165, 1.54) is 24.0 Å². The van der Waals surface area contributed by atoms with Crippen LogP contribution >= 0.6 is 0 Å². The van der Waals surface area contributed by atoms with E-state index in [-0.39, 0.29) is 6.10 Å². The monoisotopic (exact) mass is 319 g/mol. The van der Waals surface area contributed by atoms with E-state index in [2.05, 4.69) is 36.1 Å². The lowest BCUT2D eigenvalue weighted by molar-refractivity contribution is -0.0647. The number of hydrogen-bond donors (Lipinski definition) is 1. The Morgan fingerprint density at radius 3 is 2.91 bits per heavy atom. The lowest BCUT2D eigenvalue weighted by Gasteiger charge is -2.29. The molecule has 2 unspecified atom stereocenters. The Bertz CT molecular complexity index is 487. The fraction of sp³-hybridized carbons (Fsp3) is 0.684. The summed E-state index contributed by atoms with van der Waals surface area (Å²) in [5.74, 6) is 0. The minimum absolute atomic E-state index is 0.254. The smallest absolute Gasteiger partial charge is 0.0900 e. The summed E-state index contributed by atoms with van der Waals surface area (Å²) >= 11 is 0. The summed E-state index contributed by atoms with van der Waals surface area (Å²) in [6.07, 6.45) is 4.11. The van der Waals surface area contributed by atoms with Crippen LogP contribution in [0.1, 0.15) is 42.9 Å². The molecule has 2 saturated heterocycles. The third kappa shape index (κ3) is 4.77. The number of rotatable bonds is 6. The van der Waals surface area contributed by atoms with Crippen molar-refractivity contribution in [3.05, 3.63) is 35.4 Å². The number of aliphatic hydroxyl groups excluding tert-OH is 1. The Morgan fingerprint density at radius 2 is 2.13 bits per heavy atom. The highest BCUT2D eigenvalue weighted by Crippen LogP contribution is 2.32. The molecule has 1 N–H and O–H groups in total. The van der Waals surface area contributed by atoms with Crippen molar-refractivity contribution in [2.75, 3.05) is 32.9 Å². The quantitative estimate of drug-likeness (QED) is 0.875. The van der Waals surface area contributed by atoms with Crippen LogP contribution in [0.15, 0.2) is 24.3 Å². The number of nitrogens with zero attached hydrogens (tertiary/aromatic N) is 1. The first-order chi connectivity index (χ1) is 11.2. The summed E-state index contributed by atoms with van der Waals surface area (Å²) in [7, 11) is 0. The molecule has 2 aliphatic rings. The molecule has 23 heavy (non-hydrogen) atoms. The zero-order chi connectivity index (χ0) is 16.1. The molecule has 2 aliphatic heterocycles. The third-order valence-electron chi connectivity index (χ3n) is 4.93. The second-order valence-electron chi connectivity index (χ2n) is 6.87. The van der Waals surface area contributed by atoms with Crippen LogP contribution < -0.4 is 0 Å². The first-order valence-electron chi connectivity index (χ1n) is 8.90. The van der Waals surface area contributed by atoms with Crippen molar-refractivity contribution in [2.45, 2.75) is 50.9 Å². The number of β-amino-alcohol motifs (C(OH)–C–C–N with tert-alkyl or cyclic N) is 1. The molecule has 0 aliphatic carbocycles. The second kappa shape index (κ2) is 8.25. The van der Waals surface area contributed by atoms with Crippen LogP contribution in [0.3, 0.4) is 0 Å². The number of aliphatic hydroxyl groups is 1. The van der Waals surface area contributed by atoms with Crippen molar-refractivity contribution in [2.24, 2.45) is 0 Å². The number of ether oxygens (including phenoxy) is 2. The predicted molar refractivity (Wildman–Crippen MR) is 90.5 cm³/mol. The van der Waals surface area contributed by atoms with E-state index >= 15 is 0 Å². The van der Waals surface area contributed by atoms with Crippen molar-refractivity contribution >= 4 is 0 Å². The van der Waals surface area contributed by atoms with Crippen molar-refractivity contribution in [1.82, 2.24) is 4.90 Å². The van der Waals surface area contributed by atoms with E-state index < -0.39 is 6.10 Å². The van der Waals surface area contributed by atoms with Gasteiger partial charge in [-0.25, -0.2) is 0 Å². The van der Waals surface area contributed by atoms with Crippen LogP contribution in [-0.4, -0.2) is 55.1 Å². The van der Waals surface area contributed by atoms with Crippen LogP contribution in [0, 0.1) is 6.92 Å². The molecule has 128 valence electrons. The zero-order valence-electron chi connectivity index (χ0n) is 14.1. The van der Waals surface area contributed by atoms with Gasteiger partial charge in [-0.1, -0.05) is 29.8 Å². The minimum atomic E-state index is -0.414. The Morgan fingerprint density at radius 1 is 1.30 bits per heavy atom. The van der Waals surface area contributed by atoms with Gasteiger partial charge < -0.3 is 14.6 Å². The molecule has 0 saturated carbocycles. The Hall–Kier alpha value is -0.940. The molecule has 2 heterocycles. The highest BCUT2D eigenvalue weighted by molar-refractivity contribution is 5.25. The lowest BCUT2D eigenvalue weighted by Crippen LogP contribution is -2.36. The summed E-state index contributed by atoms with van der Waals surface area (Å²) in [6.45, 7) is 5.89. The van der Waals surface area contributed by atoms with Crippen LogP contribution in [0.5, 0.6) is 0 Å². The predicted octanol–water partition coefficient (Wildman–Crippen LogP) is 2.69. The van der Waals surface area contributed by atoms with Gasteiger partial charge in [-0.2, -0.15) is 0 Å². The first-order valence-corrected chi connectivity index (χ1v) is 8.90. The summed E-state index contributed by atoms with van der Waals surface area (Å²) in [4.78, 5) is 2.41. The zero-order valence-corrected chi connectivity index (χ0v) is 14.1. The van der Waals surface area contributed by atoms with Gasteiger partial charge in [-0.3, -0.25) is 4.90 Å². The summed E-state index contributed by atoms with van der Waals surface area (Å²) in [5.41, 5.74) is 2.68. The number of aryl methyl sites for hydroxylation is 1. The molecular formula is C19H29NO3. The Labute approximate surface area is 139 Å². The van der Waals surface area contributed by atoms with Gasteiger partial charge in [-0.05, 0) is 44.7 Å². The second-order valence-corrected chi connectivity index (χ2v) is 6.87. The summed E-state index contributed by atoms with van der Waals surface area (Å²) in [6, 6.07) is 9.19. The average molecular weight is 319 g/mol. The number of benzene rings is 1. The van der Waals surface area contributed by atoms with E-state index in [0.717, 1.165) is 32.6 Å². The van der Waals surface area contributed by atoms with E-state index in [9.17, 15) is 5.11 Å². The highest BCUT2D eigenvalue weighted by Gasteiger charge is 2.28. The van der Waals surface area contributed by atoms with Crippen LogP contribution in [-0.2, 0) is 9.47 Å². The molecule has 0 amide bonds. The van der Waals surface area contributed by atoms with Gasteiger partial charge in [-0.15, -0.1) is 0 Å². The molecule has 4 heteroatoms. The van der Waals surface area contributed by atoms with Crippen molar-refractivity contribution in [3.8, 4) is 0 Å². The largest absolute Gasteiger partial charge is 0.389 e. The van der Waals surface area contributed by atoms with Crippen molar-refractivity contribution in [1.29, 1.82) is 0 Å². The van der Waals surface area contributed by atoms with Gasteiger partial charge in [0.05, 0.1) is 18.8 Å². The lowest BCUT2D eigenvalue weighted by atomic mass is 10.0. The molecule has 1 aromatic rings. The van der Waals surface area contributed by atoms with Crippen molar-refractivity contribution in [3.63, 3.8) is 0 Å². The number of hydrogen-bond acceptors (Lipinski definition) is 4. The van der Waals surface area contributed by atoms with Crippen LogP contribution in [0.25, 0.3) is 0 Å². The molecule has 0 aromatic heterocycles. The molecule has 2 fully saturated rings.